The number of rotatable bonds is 5. The van der Waals surface area contributed by atoms with Gasteiger partial charge in [0.25, 0.3) is 5.91 Å². The molecule has 0 fully saturated rings. The first-order valence-electron chi connectivity index (χ1n) is 6.08. The lowest BCUT2D eigenvalue weighted by Crippen LogP contribution is -2.33. The van der Waals surface area contributed by atoms with E-state index in [-0.39, 0.29) is 18.8 Å². The highest BCUT2D eigenvalue weighted by atomic mass is 32.2. The van der Waals surface area contributed by atoms with Crippen molar-refractivity contribution in [2.24, 2.45) is 5.14 Å². The summed E-state index contributed by atoms with van der Waals surface area (Å²) in [5.74, 6) is -0.681. The summed E-state index contributed by atoms with van der Waals surface area (Å²) in [7, 11) is -4.19. The molecular formula is C11H16F3N3O3S. The van der Waals surface area contributed by atoms with E-state index in [4.69, 9.17) is 5.14 Å². The van der Waals surface area contributed by atoms with Crippen molar-refractivity contribution in [3.63, 3.8) is 0 Å². The SMILES string of the molecule is CCN(CC)C(=O)c1cc(S(N)(=O)=O)cn1CC(F)(F)F. The van der Waals surface area contributed by atoms with Gasteiger partial charge in [-0.15, -0.1) is 0 Å². The van der Waals surface area contributed by atoms with Gasteiger partial charge in [0.05, 0.1) is 0 Å². The molecule has 10 heteroatoms. The molecule has 2 N–H and O–H groups in total. The van der Waals surface area contributed by atoms with E-state index in [1.54, 1.807) is 13.8 Å². The van der Waals surface area contributed by atoms with Crippen molar-refractivity contribution < 1.29 is 26.4 Å². The van der Waals surface area contributed by atoms with E-state index in [0.29, 0.717) is 4.57 Å². The zero-order chi connectivity index (χ0) is 16.4. The fourth-order valence-electron chi connectivity index (χ4n) is 1.82. The van der Waals surface area contributed by atoms with Crippen LogP contribution in [0.15, 0.2) is 17.2 Å². The molecule has 1 heterocycles. The van der Waals surface area contributed by atoms with Gasteiger partial charge >= 0.3 is 6.18 Å². The lowest BCUT2D eigenvalue weighted by Gasteiger charge is -2.20. The van der Waals surface area contributed by atoms with Crippen LogP contribution in [0.4, 0.5) is 13.2 Å². The molecule has 1 aromatic heterocycles. The lowest BCUT2D eigenvalue weighted by molar-refractivity contribution is -0.140. The molecule has 0 aromatic carbocycles. The highest BCUT2D eigenvalue weighted by Crippen LogP contribution is 2.22. The van der Waals surface area contributed by atoms with E-state index >= 15 is 0 Å². The Morgan fingerprint density at radius 3 is 2.24 bits per heavy atom. The van der Waals surface area contributed by atoms with Crippen molar-refractivity contribution in [2.75, 3.05) is 13.1 Å². The number of nitrogens with two attached hydrogens (primary N) is 1. The van der Waals surface area contributed by atoms with Crippen LogP contribution >= 0.6 is 0 Å². The Labute approximate surface area is 120 Å². The number of alkyl halides is 3. The Morgan fingerprint density at radius 2 is 1.86 bits per heavy atom. The number of halogens is 3. The predicted octanol–water partition coefficient (Wildman–Crippen LogP) is 1.18. The number of aromatic nitrogens is 1. The van der Waals surface area contributed by atoms with Crippen molar-refractivity contribution in [2.45, 2.75) is 31.5 Å². The molecule has 0 saturated carbocycles. The Balaban J connectivity index is 3.34. The minimum absolute atomic E-state index is 0.289. The molecule has 1 amide bonds. The van der Waals surface area contributed by atoms with Crippen molar-refractivity contribution in [3.05, 3.63) is 18.0 Å². The monoisotopic (exact) mass is 327 g/mol. The van der Waals surface area contributed by atoms with E-state index in [1.165, 1.54) is 4.90 Å². The average molecular weight is 327 g/mol. The van der Waals surface area contributed by atoms with E-state index in [9.17, 15) is 26.4 Å². The largest absolute Gasteiger partial charge is 0.406 e. The maximum Gasteiger partial charge on any atom is 0.406 e. The van der Waals surface area contributed by atoms with Crippen LogP contribution in [-0.2, 0) is 16.6 Å². The van der Waals surface area contributed by atoms with Crippen molar-refractivity contribution >= 4 is 15.9 Å². The van der Waals surface area contributed by atoms with E-state index in [2.05, 4.69) is 0 Å². The number of hydrogen-bond donors (Lipinski definition) is 1. The summed E-state index contributed by atoms with van der Waals surface area (Å²) in [6.07, 6.45) is -3.87. The zero-order valence-electron chi connectivity index (χ0n) is 11.5. The van der Waals surface area contributed by atoms with Crippen LogP contribution in [0.3, 0.4) is 0 Å². The number of nitrogens with zero attached hydrogens (tertiary/aromatic N) is 2. The number of sulfonamides is 1. The van der Waals surface area contributed by atoms with Gasteiger partial charge in [0, 0.05) is 19.3 Å². The molecule has 6 nitrogen and oxygen atoms in total. The zero-order valence-corrected chi connectivity index (χ0v) is 12.3. The van der Waals surface area contributed by atoms with Crippen LogP contribution in [0.2, 0.25) is 0 Å². The number of primary sulfonamides is 1. The van der Waals surface area contributed by atoms with Crippen LogP contribution in [0.5, 0.6) is 0 Å². The third kappa shape index (κ3) is 4.46. The molecule has 0 aliphatic heterocycles. The quantitative estimate of drug-likeness (QED) is 0.881. The summed E-state index contributed by atoms with van der Waals surface area (Å²) in [6.45, 7) is 2.44. The molecule has 1 rings (SSSR count). The second kappa shape index (κ2) is 6.06. The Kier molecular flexibility index (Phi) is 5.05. The molecule has 1 aromatic rings. The van der Waals surface area contributed by atoms with Crippen LogP contribution in [0.25, 0.3) is 0 Å². The van der Waals surface area contributed by atoms with Gasteiger partial charge < -0.3 is 9.47 Å². The smallest absolute Gasteiger partial charge is 0.338 e. The van der Waals surface area contributed by atoms with Gasteiger partial charge in [-0.1, -0.05) is 0 Å². The highest BCUT2D eigenvalue weighted by Gasteiger charge is 2.31. The molecular weight excluding hydrogens is 311 g/mol. The fourth-order valence-corrected chi connectivity index (χ4v) is 2.37. The molecule has 21 heavy (non-hydrogen) atoms. The summed E-state index contributed by atoms with van der Waals surface area (Å²) in [4.78, 5) is 12.9. The third-order valence-electron chi connectivity index (χ3n) is 2.82. The minimum atomic E-state index is -4.59. The van der Waals surface area contributed by atoms with Gasteiger partial charge in [-0.05, 0) is 19.9 Å². The molecule has 120 valence electrons. The fraction of sp³-hybridized carbons (Fsp3) is 0.545. The Hall–Kier alpha value is -1.55. The summed E-state index contributed by atoms with van der Waals surface area (Å²) in [5.41, 5.74) is -0.361. The average Bonchev–Trinajstić information content (AvgIpc) is 2.71. The van der Waals surface area contributed by atoms with Gasteiger partial charge in [0.2, 0.25) is 10.0 Å². The molecule has 0 saturated heterocycles. The van der Waals surface area contributed by atoms with Crippen molar-refractivity contribution in [1.82, 2.24) is 9.47 Å². The minimum Gasteiger partial charge on any atom is -0.338 e. The first-order valence-corrected chi connectivity index (χ1v) is 7.63. The first kappa shape index (κ1) is 17.5. The second-order valence-corrected chi connectivity index (χ2v) is 5.89. The highest BCUT2D eigenvalue weighted by molar-refractivity contribution is 7.89. The maximum absolute atomic E-state index is 12.5. The van der Waals surface area contributed by atoms with Gasteiger partial charge in [0.15, 0.2) is 0 Å². The van der Waals surface area contributed by atoms with Gasteiger partial charge in [-0.2, -0.15) is 13.2 Å². The van der Waals surface area contributed by atoms with Gasteiger partial charge in [0.1, 0.15) is 17.1 Å². The van der Waals surface area contributed by atoms with Crippen LogP contribution in [0.1, 0.15) is 24.3 Å². The molecule has 0 unspecified atom stereocenters. The number of hydrogen-bond acceptors (Lipinski definition) is 3. The Bertz CT molecular complexity index is 618. The summed E-state index contributed by atoms with van der Waals surface area (Å²) in [5, 5.41) is 4.90. The number of amides is 1. The third-order valence-corrected chi connectivity index (χ3v) is 3.70. The van der Waals surface area contributed by atoms with Gasteiger partial charge in [-0.3, -0.25) is 4.79 Å². The Morgan fingerprint density at radius 1 is 1.33 bits per heavy atom. The normalized spacial score (nSPS) is 12.5. The standard InChI is InChI=1S/C11H16F3N3O3S/c1-3-16(4-2)10(18)9-5-8(21(15,19)20)6-17(9)7-11(12,13)14/h5-6H,3-4,7H2,1-2H3,(H2,15,19,20). The van der Waals surface area contributed by atoms with Crippen LogP contribution < -0.4 is 5.14 Å². The van der Waals surface area contributed by atoms with Gasteiger partial charge in [-0.25, -0.2) is 13.6 Å². The molecule has 0 aliphatic carbocycles. The predicted molar refractivity (Wildman–Crippen MR) is 69.1 cm³/mol. The summed E-state index contributed by atoms with van der Waals surface area (Å²) >= 11 is 0. The first-order chi connectivity index (χ1) is 9.49. The number of carbonyl (C=O) groups is 1. The second-order valence-electron chi connectivity index (χ2n) is 4.33. The summed E-state index contributed by atoms with van der Waals surface area (Å²) in [6, 6.07) is 0.863. The number of carbonyl (C=O) groups excluding carboxylic acids is 1. The molecule has 0 aliphatic rings. The van der Waals surface area contributed by atoms with E-state index in [0.717, 1.165) is 12.3 Å². The van der Waals surface area contributed by atoms with E-state index in [1.807, 2.05) is 0 Å². The molecule has 0 spiro atoms. The molecule has 0 atom stereocenters. The molecule has 0 radical (unpaired) electrons. The van der Waals surface area contributed by atoms with Crippen molar-refractivity contribution in [1.29, 1.82) is 0 Å². The van der Waals surface area contributed by atoms with E-state index < -0.39 is 33.5 Å². The molecule has 0 bridgehead atoms. The lowest BCUT2D eigenvalue weighted by atomic mass is 10.3. The maximum atomic E-state index is 12.5. The van der Waals surface area contributed by atoms with Crippen molar-refractivity contribution in [3.8, 4) is 0 Å². The van der Waals surface area contributed by atoms with Crippen LogP contribution in [-0.4, -0.2) is 43.1 Å². The summed E-state index contributed by atoms with van der Waals surface area (Å²) < 4.78 is 60.7. The van der Waals surface area contributed by atoms with Crippen LogP contribution in [0, 0.1) is 0 Å². The topological polar surface area (TPSA) is 85.4 Å².